The first-order valence-electron chi connectivity index (χ1n) is 6.55. The number of nitrogens with zero attached hydrogens (tertiary/aromatic N) is 2. The normalized spacial score (nSPS) is 13.3. The number of carbonyl (C=O) groups is 2. The molecule has 1 rings (SSSR count). The first kappa shape index (κ1) is 15.9. The first-order valence-corrected chi connectivity index (χ1v) is 6.55. The van der Waals surface area contributed by atoms with Gasteiger partial charge in [0.2, 0.25) is 0 Å². The van der Waals surface area contributed by atoms with Crippen molar-refractivity contribution in [1.29, 1.82) is 0 Å². The van der Waals surface area contributed by atoms with Gasteiger partial charge in [-0.25, -0.2) is 4.79 Å². The van der Waals surface area contributed by atoms with E-state index in [9.17, 15) is 9.59 Å². The van der Waals surface area contributed by atoms with Gasteiger partial charge in [0.15, 0.2) is 0 Å². The maximum atomic E-state index is 11.9. The van der Waals surface area contributed by atoms with E-state index in [1.165, 1.54) is 0 Å². The van der Waals surface area contributed by atoms with Crippen molar-refractivity contribution in [3.63, 3.8) is 0 Å². The quantitative estimate of drug-likeness (QED) is 0.824. The molecule has 20 heavy (non-hydrogen) atoms. The van der Waals surface area contributed by atoms with Gasteiger partial charge in [-0.15, -0.1) is 0 Å². The third-order valence-electron chi connectivity index (χ3n) is 3.32. The van der Waals surface area contributed by atoms with Gasteiger partial charge >= 0.3 is 12.0 Å². The second-order valence-corrected chi connectivity index (χ2v) is 4.89. The Balaban J connectivity index is 2.41. The van der Waals surface area contributed by atoms with Gasteiger partial charge in [0.25, 0.3) is 0 Å². The first-order chi connectivity index (χ1) is 9.41. The molecule has 0 aromatic carbocycles. The van der Waals surface area contributed by atoms with Gasteiger partial charge in [-0.2, -0.15) is 0 Å². The minimum absolute atomic E-state index is 0.264. The van der Waals surface area contributed by atoms with Crippen molar-refractivity contribution in [3.8, 4) is 0 Å². The lowest BCUT2D eigenvalue weighted by Crippen LogP contribution is -2.46. The number of pyridine rings is 1. The number of nitrogens with one attached hydrogen (secondary N) is 1. The van der Waals surface area contributed by atoms with E-state index in [1.54, 1.807) is 38.2 Å². The minimum atomic E-state index is -0.919. The van der Waals surface area contributed by atoms with E-state index in [0.717, 1.165) is 12.0 Å². The highest BCUT2D eigenvalue weighted by Crippen LogP contribution is 2.04. The summed E-state index contributed by atoms with van der Waals surface area (Å²) in [6, 6.07) is 3.13. The maximum absolute atomic E-state index is 11.9. The fourth-order valence-corrected chi connectivity index (χ4v) is 1.59. The second-order valence-electron chi connectivity index (χ2n) is 4.89. The number of rotatable bonds is 6. The molecule has 0 aliphatic rings. The summed E-state index contributed by atoms with van der Waals surface area (Å²) in [5.41, 5.74) is 1.10. The summed E-state index contributed by atoms with van der Waals surface area (Å²) in [6.45, 7) is 3.82. The number of aromatic nitrogens is 1. The SMILES string of the molecule is CC(NC(=O)N(C)CCc1ccncc1)C(C)C(=O)O. The summed E-state index contributed by atoms with van der Waals surface area (Å²) in [6.07, 6.45) is 4.16. The third kappa shape index (κ3) is 4.87. The zero-order valence-electron chi connectivity index (χ0n) is 12.0. The van der Waals surface area contributed by atoms with Gasteiger partial charge in [-0.1, -0.05) is 0 Å². The molecule has 2 N–H and O–H groups in total. The lowest BCUT2D eigenvalue weighted by molar-refractivity contribution is -0.141. The van der Waals surface area contributed by atoms with Crippen LogP contribution in [0.25, 0.3) is 0 Å². The molecular weight excluding hydrogens is 258 g/mol. The molecule has 0 radical (unpaired) electrons. The summed E-state index contributed by atoms with van der Waals surface area (Å²) in [7, 11) is 1.69. The molecule has 0 spiro atoms. The predicted octanol–water partition coefficient (Wildman–Crippen LogP) is 1.37. The Hall–Kier alpha value is -2.11. The van der Waals surface area contributed by atoms with E-state index in [1.807, 2.05) is 12.1 Å². The van der Waals surface area contributed by atoms with Gasteiger partial charge < -0.3 is 15.3 Å². The molecule has 1 aromatic heterocycles. The van der Waals surface area contributed by atoms with Crippen LogP contribution in [0.5, 0.6) is 0 Å². The van der Waals surface area contributed by atoms with Crippen LogP contribution in [0.2, 0.25) is 0 Å². The Morgan fingerprint density at radius 2 is 1.95 bits per heavy atom. The number of hydrogen-bond acceptors (Lipinski definition) is 3. The number of likely N-dealkylation sites (N-methyl/N-ethyl adjacent to an activating group) is 1. The van der Waals surface area contributed by atoms with Crippen LogP contribution in [0, 0.1) is 5.92 Å². The van der Waals surface area contributed by atoms with E-state index >= 15 is 0 Å². The molecule has 0 fully saturated rings. The summed E-state index contributed by atoms with van der Waals surface area (Å²) in [5, 5.41) is 11.6. The highest BCUT2D eigenvalue weighted by molar-refractivity contribution is 5.76. The van der Waals surface area contributed by atoms with Crippen LogP contribution in [0.15, 0.2) is 24.5 Å². The fraction of sp³-hybridized carbons (Fsp3) is 0.500. The van der Waals surface area contributed by atoms with Crippen LogP contribution < -0.4 is 5.32 Å². The number of carboxylic acid groups (broad SMARTS) is 1. The predicted molar refractivity (Wildman–Crippen MR) is 75.4 cm³/mol. The summed E-state index contributed by atoms with van der Waals surface area (Å²) in [5.74, 6) is -1.54. The molecule has 0 saturated heterocycles. The number of carbonyl (C=O) groups excluding carboxylic acids is 1. The fourth-order valence-electron chi connectivity index (χ4n) is 1.59. The monoisotopic (exact) mass is 279 g/mol. The standard InChI is InChI=1S/C14H21N3O3/c1-10(13(18)19)11(2)16-14(20)17(3)9-6-12-4-7-15-8-5-12/h4-5,7-8,10-11H,6,9H2,1-3H3,(H,16,20)(H,18,19). The van der Waals surface area contributed by atoms with E-state index in [0.29, 0.717) is 6.54 Å². The van der Waals surface area contributed by atoms with Crippen LogP contribution in [0.1, 0.15) is 19.4 Å². The zero-order valence-corrected chi connectivity index (χ0v) is 12.0. The van der Waals surface area contributed by atoms with Gasteiger partial charge in [0.1, 0.15) is 0 Å². The van der Waals surface area contributed by atoms with Crippen molar-refractivity contribution in [3.05, 3.63) is 30.1 Å². The largest absolute Gasteiger partial charge is 0.481 e. The number of aliphatic carboxylic acids is 1. The van der Waals surface area contributed by atoms with Gasteiger partial charge in [-0.3, -0.25) is 9.78 Å². The van der Waals surface area contributed by atoms with Crippen LogP contribution in [-0.2, 0) is 11.2 Å². The molecule has 0 aliphatic heterocycles. The third-order valence-corrected chi connectivity index (χ3v) is 3.32. The molecule has 0 bridgehead atoms. The van der Waals surface area contributed by atoms with Gasteiger partial charge in [-0.05, 0) is 38.0 Å². The maximum Gasteiger partial charge on any atom is 0.317 e. The number of carboxylic acids is 1. The second kappa shape index (κ2) is 7.47. The Morgan fingerprint density at radius 3 is 2.50 bits per heavy atom. The van der Waals surface area contributed by atoms with Gasteiger partial charge in [0.05, 0.1) is 5.92 Å². The number of amides is 2. The lowest BCUT2D eigenvalue weighted by atomic mass is 10.0. The number of hydrogen-bond donors (Lipinski definition) is 2. The Bertz CT molecular complexity index is 450. The van der Waals surface area contributed by atoms with Gasteiger partial charge in [0, 0.05) is 32.0 Å². The molecule has 2 atom stereocenters. The van der Waals surface area contributed by atoms with Crippen LogP contribution >= 0.6 is 0 Å². The summed E-state index contributed by atoms with van der Waals surface area (Å²) >= 11 is 0. The van der Waals surface area contributed by atoms with Crippen LogP contribution in [0.3, 0.4) is 0 Å². The number of urea groups is 1. The zero-order chi connectivity index (χ0) is 15.1. The highest BCUT2D eigenvalue weighted by atomic mass is 16.4. The average Bonchev–Trinajstić information content (AvgIpc) is 2.44. The molecule has 6 heteroatoms. The average molecular weight is 279 g/mol. The smallest absolute Gasteiger partial charge is 0.317 e. The molecule has 2 unspecified atom stereocenters. The van der Waals surface area contributed by atoms with E-state index in [4.69, 9.17) is 5.11 Å². The molecule has 1 heterocycles. The Labute approximate surface area is 118 Å². The van der Waals surface area contributed by atoms with Crippen LogP contribution in [0.4, 0.5) is 4.79 Å². The summed E-state index contributed by atoms with van der Waals surface area (Å²) in [4.78, 5) is 28.2. The van der Waals surface area contributed by atoms with Crippen molar-refractivity contribution in [1.82, 2.24) is 15.2 Å². The van der Waals surface area contributed by atoms with Crippen molar-refractivity contribution in [2.75, 3.05) is 13.6 Å². The lowest BCUT2D eigenvalue weighted by Gasteiger charge is -2.23. The minimum Gasteiger partial charge on any atom is -0.481 e. The molecule has 6 nitrogen and oxygen atoms in total. The van der Waals surface area contributed by atoms with E-state index in [2.05, 4.69) is 10.3 Å². The molecule has 0 aliphatic carbocycles. The van der Waals surface area contributed by atoms with E-state index < -0.39 is 17.9 Å². The van der Waals surface area contributed by atoms with Crippen LogP contribution in [-0.4, -0.2) is 46.6 Å². The van der Waals surface area contributed by atoms with Crippen molar-refractivity contribution in [2.24, 2.45) is 5.92 Å². The topological polar surface area (TPSA) is 82.5 Å². The Morgan fingerprint density at radius 1 is 1.35 bits per heavy atom. The van der Waals surface area contributed by atoms with E-state index in [-0.39, 0.29) is 6.03 Å². The molecule has 110 valence electrons. The summed E-state index contributed by atoms with van der Waals surface area (Å²) < 4.78 is 0. The Kier molecular flexibility index (Phi) is 5.96. The van der Waals surface area contributed by atoms with Crippen molar-refractivity contribution in [2.45, 2.75) is 26.3 Å². The molecular formula is C14H21N3O3. The molecule has 2 amide bonds. The molecule has 0 saturated carbocycles. The highest BCUT2D eigenvalue weighted by Gasteiger charge is 2.22. The molecule has 1 aromatic rings. The van der Waals surface area contributed by atoms with Crippen molar-refractivity contribution >= 4 is 12.0 Å². The van der Waals surface area contributed by atoms with Crippen molar-refractivity contribution < 1.29 is 14.7 Å².